The molecule has 0 bridgehead atoms. The number of hydrogen-bond acceptors (Lipinski definition) is 5. The molecule has 29 heavy (non-hydrogen) atoms. The number of hydrogen-bond donors (Lipinski definition) is 3. The third-order valence-electron chi connectivity index (χ3n) is 5.95. The van der Waals surface area contributed by atoms with E-state index in [4.69, 9.17) is 15.2 Å². The van der Waals surface area contributed by atoms with Crippen molar-refractivity contribution in [3.05, 3.63) is 35.9 Å². The van der Waals surface area contributed by atoms with Crippen molar-refractivity contribution >= 4 is 30.7 Å². The van der Waals surface area contributed by atoms with E-state index in [0.717, 1.165) is 25.7 Å². The van der Waals surface area contributed by atoms with Crippen LogP contribution in [0.1, 0.15) is 44.2 Å². The Morgan fingerprint density at radius 1 is 1.10 bits per heavy atom. The fourth-order valence-corrected chi connectivity index (χ4v) is 4.08. The Kier molecular flexibility index (Phi) is 11.5. The lowest BCUT2D eigenvalue weighted by atomic mass is 9.87. The first kappa shape index (κ1) is 26.1. The molecule has 1 aromatic rings. The van der Waals surface area contributed by atoms with E-state index in [9.17, 15) is 4.79 Å². The lowest BCUT2D eigenvalue weighted by molar-refractivity contribution is -0.125. The van der Waals surface area contributed by atoms with Gasteiger partial charge in [-0.1, -0.05) is 30.3 Å². The summed E-state index contributed by atoms with van der Waals surface area (Å²) in [5.74, 6) is 0.155. The molecule has 2 saturated heterocycles. The van der Waals surface area contributed by atoms with E-state index in [2.05, 4.69) is 41.8 Å². The van der Waals surface area contributed by atoms with Crippen LogP contribution in [0.5, 0.6) is 0 Å². The van der Waals surface area contributed by atoms with Crippen LogP contribution in [0.25, 0.3) is 0 Å². The van der Waals surface area contributed by atoms with Gasteiger partial charge in [0.05, 0.1) is 6.04 Å². The van der Waals surface area contributed by atoms with Crippen molar-refractivity contribution < 1.29 is 14.3 Å². The number of carbonyl (C=O) groups is 1. The lowest BCUT2D eigenvalue weighted by Crippen LogP contribution is -2.59. The van der Waals surface area contributed by atoms with Crippen molar-refractivity contribution in [2.75, 3.05) is 33.0 Å². The van der Waals surface area contributed by atoms with Crippen LogP contribution in [0.3, 0.4) is 0 Å². The zero-order valence-electron chi connectivity index (χ0n) is 17.1. The first-order valence-electron chi connectivity index (χ1n) is 10.1. The molecule has 166 valence electrons. The van der Waals surface area contributed by atoms with Crippen molar-refractivity contribution in [3.63, 3.8) is 0 Å². The number of rotatable bonds is 7. The summed E-state index contributed by atoms with van der Waals surface area (Å²) < 4.78 is 10.9. The number of nitrogens with one attached hydrogen (secondary N) is 2. The second-order valence-electron chi connectivity index (χ2n) is 7.86. The number of carbonyl (C=O) groups excluding carboxylic acids is 1. The molecule has 3 rings (SSSR count). The summed E-state index contributed by atoms with van der Waals surface area (Å²) in [6.07, 6.45) is 3.46. The van der Waals surface area contributed by atoms with E-state index < -0.39 is 6.04 Å². The Bertz CT molecular complexity index is 594. The van der Waals surface area contributed by atoms with Gasteiger partial charge in [-0.25, -0.2) is 0 Å². The first-order valence-corrected chi connectivity index (χ1v) is 10.1. The van der Waals surface area contributed by atoms with Gasteiger partial charge in [0.25, 0.3) is 0 Å². The monoisotopic (exact) mass is 447 g/mol. The molecule has 2 aliphatic rings. The van der Waals surface area contributed by atoms with Crippen LogP contribution in [0, 0.1) is 5.92 Å². The Hall–Kier alpha value is -0.890. The Morgan fingerprint density at radius 3 is 2.31 bits per heavy atom. The summed E-state index contributed by atoms with van der Waals surface area (Å²) in [6, 6.07) is 10.1. The molecule has 1 amide bonds. The third kappa shape index (κ3) is 7.39. The highest BCUT2D eigenvalue weighted by Crippen LogP contribution is 2.25. The van der Waals surface area contributed by atoms with Gasteiger partial charge in [-0.2, -0.15) is 0 Å². The predicted octanol–water partition coefficient (Wildman–Crippen LogP) is 2.60. The third-order valence-corrected chi connectivity index (χ3v) is 5.95. The van der Waals surface area contributed by atoms with Gasteiger partial charge in [0.15, 0.2) is 0 Å². The maximum absolute atomic E-state index is 12.6. The van der Waals surface area contributed by atoms with Crippen LogP contribution in [-0.2, 0) is 14.3 Å². The highest BCUT2D eigenvalue weighted by atomic mass is 35.5. The van der Waals surface area contributed by atoms with Crippen molar-refractivity contribution in [1.82, 2.24) is 10.6 Å². The normalized spacial score (nSPS) is 21.2. The SMILES string of the molecule is CC(NC1(CNC(=O)C(N)C2CCOCC2)CCOCC1)c1ccccc1.Cl.Cl. The zero-order valence-corrected chi connectivity index (χ0v) is 18.7. The molecule has 2 aliphatic heterocycles. The molecule has 0 radical (unpaired) electrons. The van der Waals surface area contributed by atoms with Crippen LogP contribution in [0.15, 0.2) is 30.3 Å². The molecular formula is C21H35Cl2N3O3. The minimum absolute atomic E-state index is 0. The molecule has 2 fully saturated rings. The van der Waals surface area contributed by atoms with Crippen LogP contribution in [-0.4, -0.2) is 50.5 Å². The smallest absolute Gasteiger partial charge is 0.237 e. The minimum atomic E-state index is -0.461. The van der Waals surface area contributed by atoms with Crippen molar-refractivity contribution in [2.24, 2.45) is 11.7 Å². The van der Waals surface area contributed by atoms with Gasteiger partial charge in [-0.15, -0.1) is 24.8 Å². The van der Waals surface area contributed by atoms with Crippen LogP contribution < -0.4 is 16.4 Å². The van der Waals surface area contributed by atoms with E-state index >= 15 is 0 Å². The summed E-state index contributed by atoms with van der Waals surface area (Å²) in [7, 11) is 0. The molecule has 0 spiro atoms. The topological polar surface area (TPSA) is 85.6 Å². The molecule has 2 atom stereocenters. The van der Waals surface area contributed by atoms with E-state index in [1.54, 1.807) is 0 Å². The Morgan fingerprint density at radius 2 is 1.69 bits per heavy atom. The Labute approximate surface area is 186 Å². The zero-order chi connectivity index (χ0) is 19.1. The molecule has 6 nitrogen and oxygen atoms in total. The van der Waals surface area contributed by atoms with Crippen molar-refractivity contribution in [1.29, 1.82) is 0 Å². The van der Waals surface area contributed by atoms with Gasteiger partial charge in [0, 0.05) is 44.6 Å². The highest BCUT2D eigenvalue weighted by Gasteiger charge is 2.35. The number of benzene rings is 1. The average molecular weight is 448 g/mol. The second-order valence-corrected chi connectivity index (χ2v) is 7.86. The van der Waals surface area contributed by atoms with E-state index in [-0.39, 0.29) is 48.2 Å². The van der Waals surface area contributed by atoms with E-state index in [1.165, 1.54) is 5.56 Å². The average Bonchev–Trinajstić information content (AvgIpc) is 2.73. The molecule has 0 aliphatic carbocycles. The van der Waals surface area contributed by atoms with E-state index in [1.807, 2.05) is 6.07 Å². The Balaban J connectivity index is 0.00000210. The highest BCUT2D eigenvalue weighted by molar-refractivity contribution is 5.85. The second kappa shape index (κ2) is 12.7. The molecule has 8 heteroatoms. The van der Waals surface area contributed by atoms with Crippen LogP contribution >= 0.6 is 24.8 Å². The van der Waals surface area contributed by atoms with Crippen molar-refractivity contribution in [3.8, 4) is 0 Å². The fourth-order valence-electron chi connectivity index (χ4n) is 4.08. The summed E-state index contributed by atoms with van der Waals surface area (Å²) in [5.41, 5.74) is 7.31. The predicted molar refractivity (Wildman–Crippen MR) is 120 cm³/mol. The number of ether oxygens (including phenoxy) is 2. The van der Waals surface area contributed by atoms with Gasteiger partial charge in [-0.05, 0) is 44.1 Å². The fraction of sp³-hybridized carbons (Fsp3) is 0.667. The number of amides is 1. The molecule has 0 aromatic heterocycles. The molecule has 4 N–H and O–H groups in total. The number of nitrogens with two attached hydrogens (primary N) is 1. The van der Waals surface area contributed by atoms with Crippen molar-refractivity contribution in [2.45, 2.75) is 50.2 Å². The summed E-state index contributed by atoms with van der Waals surface area (Å²) >= 11 is 0. The standard InChI is InChI=1S/C21H33N3O3.2ClH/c1-16(17-5-3-2-4-6-17)24-21(9-13-27-14-10-21)15-23-20(25)19(22)18-7-11-26-12-8-18;;/h2-6,16,18-19,24H,7-15,22H2,1H3,(H,23,25);2*1H. The van der Waals surface area contributed by atoms with Gasteiger partial charge in [0.2, 0.25) is 5.91 Å². The van der Waals surface area contributed by atoms with Crippen LogP contribution in [0.2, 0.25) is 0 Å². The largest absolute Gasteiger partial charge is 0.381 e. The molecule has 0 saturated carbocycles. The molecular weight excluding hydrogens is 413 g/mol. The quantitative estimate of drug-likeness (QED) is 0.597. The summed E-state index contributed by atoms with van der Waals surface area (Å²) in [4.78, 5) is 12.6. The van der Waals surface area contributed by atoms with Gasteiger partial charge < -0.3 is 25.8 Å². The number of halogens is 2. The van der Waals surface area contributed by atoms with Gasteiger partial charge in [-0.3, -0.25) is 4.79 Å². The maximum Gasteiger partial charge on any atom is 0.237 e. The first-order chi connectivity index (χ1) is 13.1. The summed E-state index contributed by atoms with van der Waals surface area (Å²) in [6.45, 7) is 5.55. The maximum atomic E-state index is 12.6. The van der Waals surface area contributed by atoms with E-state index in [0.29, 0.717) is 33.0 Å². The lowest BCUT2D eigenvalue weighted by Gasteiger charge is -2.41. The van der Waals surface area contributed by atoms with Gasteiger partial charge in [0.1, 0.15) is 0 Å². The molecule has 1 aromatic carbocycles. The minimum Gasteiger partial charge on any atom is -0.381 e. The molecule has 2 unspecified atom stereocenters. The molecule has 2 heterocycles. The van der Waals surface area contributed by atoms with Crippen LogP contribution in [0.4, 0.5) is 0 Å². The summed E-state index contributed by atoms with van der Waals surface area (Å²) in [5, 5.41) is 6.89. The van der Waals surface area contributed by atoms with Gasteiger partial charge >= 0.3 is 0 Å².